The molecule has 43 heavy (non-hydrogen) atoms. The zero-order valence-corrected chi connectivity index (χ0v) is 25.3. The summed E-state index contributed by atoms with van der Waals surface area (Å²) in [6.07, 6.45) is 0.650. The number of hydrogen-bond donors (Lipinski definition) is 1. The van der Waals surface area contributed by atoms with Crippen LogP contribution in [0.5, 0.6) is 5.75 Å². The number of Topliss-reactive ketones (excluding diaryl/α,β-unsaturated/α-hetero) is 1. The molecule has 2 aliphatic heterocycles. The van der Waals surface area contributed by atoms with Crippen LogP contribution < -0.4 is 9.64 Å². The van der Waals surface area contributed by atoms with Crippen molar-refractivity contribution in [3.63, 3.8) is 0 Å². The molecule has 0 radical (unpaired) electrons. The van der Waals surface area contributed by atoms with E-state index in [0.717, 1.165) is 28.2 Å². The highest BCUT2D eigenvalue weighted by Gasteiger charge is 2.48. The minimum absolute atomic E-state index is 0.00585. The summed E-state index contributed by atoms with van der Waals surface area (Å²) in [5.74, 6) is -1.30. The van der Waals surface area contributed by atoms with Gasteiger partial charge in [-0.3, -0.25) is 14.5 Å². The Hall–Kier alpha value is -4.19. The third kappa shape index (κ3) is 5.51. The quantitative estimate of drug-likeness (QED) is 0.0632. The van der Waals surface area contributed by atoms with Gasteiger partial charge >= 0.3 is 11.9 Å². The Labute approximate surface area is 260 Å². The van der Waals surface area contributed by atoms with Gasteiger partial charge in [0.15, 0.2) is 4.34 Å². The fourth-order valence-electron chi connectivity index (χ4n) is 5.10. The van der Waals surface area contributed by atoms with Crippen molar-refractivity contribution in [1.29, 1.82) is 0 Å². The number of hydrogen-bond acceptors (Lipinski definition) is 10. The predicted octanol–water partition coefficient (Wildman–Crippen LogP) is 6.22. The average molecular weight is 634 g/mol. The Morgan fingerprint density at radius 1 is 1.12 bits per heavy atom. The highest BCUT2D eigenvalue weighted by atomic mass is 35.5. The van der Waals surface area contributed by atoms with E-state index < -0.39 is 23.7 Å². The molecule has 3 heterocycles. The fourth-order valence-corrected chi connectivity index (χ4v) is 7.26. The number of methoxy groups -OCH3 is 1. The molecule has 1 aromatic heterocycles. The van der Waals surface area contributed by atoms with E-state index in [2.05, 4.69) is 10.2 Å². The first-order valence-electron chi connectivity index (χ1n) is 13.2. The topological polar surface area (TPSA) is 119 Å². The highest BCUT2D eigenvalue weighted by Crippen LogP contribution is 2.45. The molecule has 1 amide bonds. The van der Waals surface area contributed by atoms with E-state index in [4.69, 9.17) is 21.1 Å². The van der Waals surface area contributed by atoms with Crippen LogP contribution in [0.4, 0.5) is 5.13 Å². The summed E-state index contributed by atoms with van der Waals surface area (Å²) in [4.78, 5) is 40.5. The number of thioether (sulfide) groups is 1. The summed E-state index contributed by atoms with van der Waals surface area (Å²) in [6, 6.07) is 18.0. The number of anilines is 1. The maximum Gasteiger partial charge on any atom is 0.337 e. The van der Waals surface area contributed by atoms with Crippen molar-refractivity contribution in [3.05, 3.63) is 105 Å². The predicted molar refractivity (Wildman–Crippen MR) is 164 cm³/mol. The summed E-state index contributed by atoms with van der Waals surface area (Å²) >= 11 is 8.85. The zero-order valence-electron chi connectivity index (χ0n) is 22.9. The number of halogens is 1. The van der Waals surface area contributed by atoms with Crippen molar-refractivity contribution < 1.29 is 29.0 Å². The Balaban J connectivity index is 1.40. The maximum absolute atomic E-state index is 13.6. The number of esters is 1. The number of amides is 1. The van der Waals surface area contributed by atoms with E-state index in [1.165, 1.54) is 23.8 Å². The number of ketones is 1. The van der Waals surface area contributed by atoms with Gasteiger partial charge in [0, 0.05) is 22.8 Å². The molecule has 6 rings (SSSR count). The van der Waals surface area contributed by atoms with E-state index in [1.54, 1.807) is 42.5 Å². The molecule has 0 unspecified atom stereocenters. The van der Waals surface area contributed by atoms with Crippen LogP contribution in [0, 0.1) is 0 Å². The maximum atomic E-state index is 13.6. The number of carbonyl (C=O) groups is 3. The van der Waals surface area contributed by atoms with Gasteiger partial charge in [0.2, 0.25) is 5.13 Å². The van der Waals surface area contributed by atoms with E-state index in [-0.39, 0.29) is 22.6 Å². The van der Waals surface area contributed by atoms with Crippen LogP contribution in [0.15, 0.2) is 76.6 Å². The normalized spacial score (nSPS) is 18.9. The molecule has 0 bridgehead atoms. The summed E-state index contributed by atoms with van der Waals surface area (Å²) in [7, 11) is 1.28. The Bertz CT molecular complexity index is 1790. The molecule has 1 N–H and O–H groups in total. The second-order valence-corrected chi connectivity index (χ2v) is 12.6. The second kappa shape index (κ2) is 11.8. The van der Waals surface area contributed by atoms with Crippen molar-refractivity contribution >= 4 is 63.3 Å². The monoisotopic (exact) mass is 633 g/mol. The molecule has 9 nitrogen and oxygen atoms in total. The molecule has 2 aliphatic rings. The molecular formula is C31H24ClN3O6S2. The van der Waals surface area contributed by atoms with Crippen LogP contribution in [0.25, 0.3) is 5.76 Å². The molecule has 0 spiro atoms. The van der Waals surface area contributed by atoms with Crippen molar-refractivity contribution in [2.45, 2.75) is 35.6 Å². The van der Waals surface area contributed by atoms with Gasteiger partial charge in [-0.15, -0.1) is 10.2 Å². The zero-order chi connectivity index (χ0) is 30.2. The first kappa shape index (κ1) is 28.9. The number of benzene rings is 3. The Kier molecular flexibility index (Phi) is 7.95. The molecule has 12 heteroatoms. The number of ether oxygens (including phenoxy) is 2. The minimum Gasteiger partial charge on any atom is -0.507 e. The van der Waals surface area contributed by atoms with Gasteiger partial charge < -0.3 is 14.6 Å². The van der Waals surface area contributed by atoms with E-state index in [9.17, 15) is 19.5 Å². The number of aromatic nitrogens is 2. The third-order valence-corrected chi connectivity index (χ3v) is 9.65. The average Bonchev–Trinajstić information content (AvgIpc) is 3.70. The molecule has 218 valence electrons. The second-order valence-electron chi connectivity index (χ2n) is 9.97. The summed E-state index contributed by atoms with van der Waals surface area (Å²) in [5, 5.41) is 20.9. The number of aliphatic hydroxyl groups is 1. The van der Waals surface area contributed by atoms with Crippen molar-refractivity contribution in [1.82, 2.24) is 10.2 Å². The lowest BCUT2D eigenvalue weighted by atomic mass is 9.94. The third-order valence-electron chi connectivity index (χ3n) is 7.17. The van der Waals surface area contributed by atoms with Crippen molar-refractivity contribution in [2.24, 2.45) is 0 Å². The number of nitrogens with zero attached hydrogens (tertiary/aromatic N) is 3. The Morgan fingerprint density at radius 3 is 2.60 bits per heavy atom. The number of rotatable bonds is 7. The van der Waals surface area contributed by atoms with Gasteiger partial charge in [0.1, 0.15) is 17.6 Å². The SMILES string of the molecule is COC(=O)c1ccc([C@@H]2C(=C(O)c3ccc4c(c3)C[C@@H](C)O4)C(=O)C(=O)N2c2nnc(SCc3ccccc3Cl)s2)cc1. The van der Waals surface area contributed by atoms with Crippen LogP contribution in [-0.4, -0.2) is 46.2 Å². The molecule has 0 aliphatic carbocycles. The smallest absolute Gasteiger partial charge is 0.337 e. The summed E-state index contributed by atoms with van der Waals surface area (Å²) < 4.78 is 11.2. The fraction of sp³-hybridized carbons (Fsp3) is 0.194. The molecular weight excluding hydrogens is 610 g/mol. The van der Waals surface area contributed by atoms with E-state index in [0.29, 0.717) is 38.2 Å². The van der Waals surface area contributed by atoms with Gasteiger partial charge in [-0.05, 0) is 60.0 Å². The summed E-state index contributed by atoms with van der Waals surface area (Å²) in [5.41, 5.74) is 2.90. The molecule has 1 saturated heterocycles. The molecule has 0 saturated carbocycles. The number of carbonyl (C=O) groups excluding carboxylic acids is 3. The van der Waals surface area contributed by atoms with Crippen LogP contribution in [-0.2, 0) is 26.5 Å². The largest absolute Gasteiger partial charge is 0.507 e. The first-order chi connectivity index (χ1) is 20.7. The van der Waals surface area contributed by atoms with E-state index in [1.807, 2.05) is 31.2 Å². The van der Waals surface area contributed by atoms with Gasteiger partial charge in [0.05, 0.1) is 24.3 Å². The van der Waals surface area contributed by atoms with Gasteiger partial charge in [-0.1, -0.05) is 65.0 Å². The molecule has 4 aromatic rings. The highest BCUT2D eigenvalue weighted by molar-refractivity contribution is 8.00. The van der Waals surface area contributed by atoms with Crippen LogP contribution in [0.2, 0.25) is 5.02 Å². The van der Waals surface area contributed by atoms with Crippen molar-refractivity contribution in [3.8, 4) is 5.75 Å². The lowest BCUT2D eigenvalue weighted by Gasteiger charge is -2.22. The minimum atomic E-state index is -1.02. The lowest BCUT2D eigenvalue weighted by Crippen LogP contribution is -2.29. The van der Waals surface area contributed by atoms with Gasteiger partial charge in [-0.2, -0.15) is 0 Å². The standard InChI is InChI=1S/C31H24ClN3O6S2/c1-16-13-21-14-19(11-12-23(21)41-16)26(36)24-25(17-7-9-18(10-8-17)29(39)40-2)35(28(38)27(24)37)30-33-34-31(43-30)42-15-20-5-3-4-6-22(20)32/h3-12,14,16,25,36H,13,15H2,1-2H3/t16-,25-/m1/s1. The molecule has 1 fully saturated rings. The van der Waals surface area contributed by atoms with Crippen LogP contribution >= 0.6 is 34.7 Å². The van der Waals surface area contributed by atoms with E-state index >= 15 is 0 Å². The Morgan fingerprint density at radius 2 is 1.86 bits per heavy atom. The molecule has 2 atom stereocenters. The molecule has 3 aromatic carbocycles. The number of aliphatic hydroxyl groups excluding tert-OH is 1. The lowest BCUT2D eigenvalue weighted by molar-refractivity contribution is -0.132. The van der Waals surface area contributed by atoms with Crippen molar-refractivity contribution in [2.75, 3.05) is 12.0 Å². The summed E-state index contributed by atoms with van der Waals surface area (Å²) in [6.45, 7) is 1.95. The van der Waals surface area contributed by atoms with Crippen LogP contribution in [0.3, 0.4) is 0 Å². The first-order valence-corrected chi connectivity index (χ1v) is 15.4. The van der Waals surface area contributed by atoms with Gasteiger partial charge in [-0.25, -0.2) is 4.79 Å². The van der Waals surface area contributed by atoms with Crippen LogP contribution in [0.1, 0.15) is 45.6 Å². The van der Waals surface area contributed by atoms with Gasteiger partial charge in [0.25, 0.3) is 5.78 Å². The number of fused-ring (bicyclic) bond motifs is 1.